The lowest BCUT2D eigenvalue weighted by atomic mass is 10.1. The summed E-state index contributed by atoms with van der Waals surface area (Å²) in [6, 6.07) is 14.6. The Balaban J connectivity index is 1.47. The third-order valence-electron chi connectivity index (χ3n) is 4.19. The first-order chi connectivity index (χ1) is 12.1. The van der Waals surface area contributed by atoms with Gasteiger partial charge in [0.2, 0.25) is 0 Å². The number of halogens is 1. The highest BCUT2D eigenvalue weighted by Crippen LogP contribution is 2.22. The Morgan fingerprint density at radius 3 is 2.24 bits per heavy atom. The fraction of sp³-hybridized carbons (Fsp3) is 0.316. The average Bonchev–Trinajstić information content (AvgIpc) is 2.65. The molecule has 0 bridgehead atoms. The molecule has 0 atom stereocenters. The van der Waals surface area contributed by atoms with Crippen LogP contribution in [0.3, 0.4) is 0 Å². The molecule has 2 amide bonds. The minimum atomic E-state index is -0.0924. The van der Waals surface area contributed by atoms with Crippen molar-refractivity contribution in [2.45, 2.75) is 18.9 Å². The third-order valence-corrected chi connectivity index (χ3v) is 4.44. The summed E-state index contributed by atoms with van der Waals surface area (Å²) in [4.78, 5) is 14.1. The van der Waals surface area contributed by atoms with Gasteiger partial charge in [0.1, 0.15) is 17.6 Å². The van der Waals surface area contributed by atoms with E-state index >= 15 is 0 Å². The number of piperidine rings is 1. The number of benzene rings is 2. The maximum atomic E-state index is 12.3. The summed E-state index contributed by atoms with van der Waals surface area (Å²) < 4.78 is 11.1. The van der Waals surface area contributed by atoms with E-state index in [0.29, 0.717) is 18.1 Å². The second-order valence-electron chi connectivity index (χ2n) is 5.92. The monoisotopic (exact) mass is 360 g/mol. The predicted molar refractivity (Wildman–Crippen MR) is 98.7 cm³/mol. The molecule has 132 valence electrons. The van der Waals surface area contributed by atoms with Crippen LogP contribution in [0, 0.1) is 0 Å². The molecule has 25 heavy (non-hydrogen) atoms. The second kappa shape index (κ2) is 8.12. The molecule has 0 spiro atoms. The van der Waals surface area contributed by atoms with Gasteiger partial charge in [-0.15, -0.1) is 0 Å². The van der Waals surface area contributed by atoms with Crippen LogP contribution in [-0.4, -0.2) is 37.2 Å². The maximum absolute atomic E-state index is 12.3. The molecular weight excluding hydrogens is 340 g/mol. The van der Waals surface area contributed by atoms with E-state index < -0.39 is 0 Å². The van der Waals surface area contributed by atoms with Crippen molar-refractivity contribution in [3.05, 3.63) is 53.6 Å². The Morgan fingerprint density at radius 2 is 1.64 bits per heavy atom. The predicted octanol–water partition coefficient (Wildman–Crippen LogP) is 4.42. The van der Waals surface area contributed by atoms with Crippen LogP contribution in [0.5, 0.6) is 11.5 Å². The zero-order valence-corrected chi connectivity index (χ0v) is 14.8. The number of anilines is 1. The number of carbonyl (C=O) groups excluding carboxylic acids is 1. The number of nitrogens with zero attached hydrogens (tertiary/aromatic N) is 1. The van der Waals surface area contributed by atoms with Crippen molar-refractivity contribution < 1.29 is 14.3 Å². The zero-order chi connectivity index (χ0) is 17.6. The summed E-state index contributed by atoms with van der Waals surface area (Å²) in [6.45, 7) is 1.33. The molecule has 2 aromatic rings. The first kappa shape index (κ1) is 17.4. The number of ether oxygens (including phenoxy) is 2. The highest BCUT2D eigenvalue weighted by atomic mass is 35.5. The number of hydrogen-bond donors (Lipinski definition) is 1. The molecule has 2 aromatic carbocycles. The van der Waals surface area contributed by atoms with Crippen LogP contribution in [0.1, 0.15) is 12.8 Å². The molecule has 0 unspecified atom stereocenters. The van der Waals surface area contributed by atoms with Gasteiger partial charge < -0.3 is 19.7 Å². The van der Waals surface area contributed by atoms with Gasteiger partial charge in [0.25, 0.3) is 0 Å². The standard InChI is InChI=1S/C19H21ClN2O3/c1-24-16-6-8-17(9-7-16)25-18-10-12-22(13-11-18)19(23)21-15-4-2-14(20)3-5-15/h2-9,18H,10-13H2,1H3,(H,21,23). The van der Waals surface area contributed by atoms with Gasteiger partial charge in [0.05, 0.1) is 7.11 Å². The van der Waals surface area contributed by atoms with Gasteiger partial charge in [-0.05, 0) is 48.5 Å². The summed E-state index contributed by atoms with van der Waals surface area (Å²) in [5, 5.41) is 3.54. The lowest BCUT2D eigenvalue weighted by Crippen LogP contribution is -2.43. The normalized spacial score (nSPS) is 14.9. The molecule has 0 aliphatic carbocycles. The van der Waals surface area contributed by atoms with E-state index in [1.165, 1.54) is 0 Å². The molecular formula is C19H21ClN2O3. The van der Waals surface area contributed by atoms with Gasteiger partial charge in [-0.25, -0.2) is 4.79 Å². The number of hydrogen-bond acceptors (Lipinski definition) is 3. The number of nitrogens with one attached hydrogen (secondary N) is 1. The highest BCUT2D eigenvalue weighted by Gasteiger charge is 2.24. The second-order valence-corrected chi connectivity index (χ2v) is 6.35. The Kier molecular flexibility index (Phi) is 5.66. The van der Waals surface area contributed by atoms with E-state index in [9.17, 15) is 4.79 Å². The van der Waals surface area contributed by atoms with Gasteiger partial charge in [-0.1, -0.05) is 11.6 Å². The van der Waals surface area contributed by atoms with Gasteiger partial charge >= 0.3 is 6.03 Å². The molecule has 0 radical (unpaired) electrons. The Bertz CT molecular complexity index is 696. The van der Waals surface area contributed by atoms with Crippen LogP contribution in [-0.2, 0) is 0 Å². The number of methoxy groups -OCH3 is 1. The minimum Gasteiger partial charge on any atom is -0.497 e. The first-order valence-corrected chi connectivity index (χ1v) is 8.64. The zero-order valence-electron chi connectivity index (χ0n) is 14.1. The summed E-state index contributed by atoms with van der Waals surface area (Å²) in [5.74, 6) is 1.63. The average molecular weight is 361 g/mol. The van der Waals surface area contributed by atoms with Gasteiger partial charge in [-0.3, -0.25) is 0 Å². The Morgan fingerprint density at radius 1 is 1.04 bits per heavy atom. The van der Waals surface area contributed by atoms with E-state index in [2.05, 4.69) is 5.32 Å². The summed E-state index contributed by atoms with van der Waals surface area (Å²) >= 11 is 5.85. The molecule has 6 heteroatoms. The van der Waals surface area contributed by atoms with Crippen molar-refractivity contribution in [2.75, 3.05) is 25.5 Å². The molecule has 1 saturated heterocycles. The van der Waals surface area contributed by atoms with Gasteiger partial charge in [0.15, 0.2) is 0 Å². The van der Waals surface area contributed by atoms with Crippen molar-refractivity contribution in [1.29, 1.82) is 0 Å². The van der Waals surface area contributed by atoms with Crippen molar-refractivity contribution in [3.8, 4) is 11.5 Å². The quantitative estimate of drug-likeness (QED) is 0.877. The van der Waals surface area contributed by atoms with Crippen LogP contribution in [0.25, 0.3) is 0 Å². The number of amides is 2. The Hall–Kier alpha value is -2.40. The fourth-order valence-corrected chi connectivity index (χ4v) is 2.89. The van der Waals surface area contributed by atoms with Crippen LogP contribution in [0.2, 0.25) is 5.02 Å². The van der Waals surface area contributed by atoms with Crippen LogP contribution in [0.4, 0.5) is 10.5 Å². The molecule has 1 heterocycles. The molecule has 5 nitrogen and oxygen atoms in total. The minimum absolute atomic E-state index is 0.0924. The van der Waals surface area contributed by atoms with Crippen molar-refractivity contribution in [1.82, 2.24) is 4.90 Å². The van der Waals surface area contributed by atoms with Crippen LogP contribution >= 0.6 is 11.6 Å². The summed E-state index contributed by atoms with van der Waals surface area (Å²) in [5.41, 5.74) is 0.742. The van der Waals surface area contributed by atoms with E-state index in [0.717, 1.165) is 30.0 Å². The smallest absolute Gasteiger partial charge is 0.321 e. The van der Waals surface area contributed by atoms with E-state index in [1.54, 1.807) is 31.4 Å². The molecule has 1 fully saturated rings. The fourth-order valence-electron chi connectivity index (χ4n) is 2.76. The summed E-state index contributed by atoms with van der Waals surface area (Å²) in [6.07, 6.45) is 1.73. The molecule has 1 aliphatic heterocycles. The largest absolute Gasteiger partial charge is 0.497 e. The lowest BCUT2D eigenvalue weighted by Gasteiger charge is -2.32. The number of rotatable bonds is 4. The van der Waals surface area contributed by atoms with Crippen LogP contribution < -0.4 is 14.8 Å². The van der Waals surface area contributed by atoms with Crippen molar-refractivity contribution in [2.24, 2.45) is 0 Å². The van der Waals surface area contributed by atoms with Gasteiger partial charge in [-0.2, -0.15) is 0 Å². The molecule has 1 aliphatic rings. The van der Waals surface area contributed by atoms with E-state index in [4.69, 9.17) is 21.1 Å². The van der Waals surface area contributed by atoms with E-state index in [-0.39, 0.29) is 12.1 Å². The number of carbonyl (C=O) groups is 1. The van der Waals surface area contributed by atoms with Crippen molar-refractivity contribution in [3.63, 3.8) is 0 Å². The van der Waals surface area contributed by atoms with Crippen molar-refractivity contribution >= 4 is 23.3 Å². The van der Waals surface area contributed by atoms with Crippen LogP contribution in [0.15, 0.2) is 48.5 Å². The molecule has 3 rings (SSSR count). The Labute approximate surface area is 152 Å². The summed E-state index contributed by atoms with van der Waals surface area (Å²) in [7, 11) is 1.64. The topological polar surface area (TPSA) is 50.8 Å². The maximum Gasteiger partial charge on any atom is 0.321 e. The van der Waals surface area contributed by atoms with Gasteiger partial charge in [0, 0.05) is 36.6 Å². The van der Waals surface area contributed by atoms with E-state index in [1.807, 2.05) is 29.2 Å². The molecule has 0 saturated carbocycles. The molecule has 0 aromatic heterocycles. The first-order valence-electron chi connectivity index (χ1n) is 8.26. The number of urea groups is 1. The number of likely N-dealkylation sites (tertiary alicyclic amines) is 1. The highest BCUT2D eigenvalue weighted by molar-refractivity contribution is 6.30. The lowest BCUT2D eigenvalue weighted by molar-refractivity contribution is 0.115. The SMILES string of the molecule is COc1ccc(OC2CCN(C(=O)Nc3ccc(Cl)cc3)CC2)cc1. The molecule has 1 N–H and O–H groups in total. The third kappa shape index (κ3) is 4.79.